The van der Waals surface area contributed by atoms with Crippen LogP contribution in [0.2, 0.25) is 0 Å². The molecule has 1 aliphatic heterocycles. The Labute approximate surface area is 180 Å². The summed E-state index contributed by atoms with van der Waals surface area (Å²) < 4.78 is 10.2. The largest absolute Gasteiger partial charge is 0.504 e. The first-order chi connectivity index (χ1) is 14.2. The van der Waals surface area contributed by atoms with Gasteiger partial charge in [-0.15, -0.1) is 0 Å². The van der Waals surface area contributed by atoms with Gasteiger partial charge in [0.25, 0.3) is 0 Å². The fraction of sp³-hybridized carbons (Fsp3) is 0.560. The molecular formula is C25H36O5. The van der Waals surface area contributed by atoms with Gasteiger partial charge in [0.05, 0.1) is 23.7 Å². The minimum Gasteiger partial charge on any atom is -0.504 e. The van der Waals surface area contributed by atoms with Gasteiger partial charge in [-0.3, -0.25) is 0 Å². The number of cyclic esters (lactones) is 1. The topological polar surface area (TPSA) is 79.9 Å². The molecule has 0 saturated heterocycles. The van der Waals surface area contributed by atoms with Gasteiger partial charge < -0.3 is 19.4 Å². The molecule has 1 aliphatic rings. The molecule has 1 aromatic rings. The number of carbonyl (C=O) groups excluding carboxylic acids is 1. The number of aliphatic hydroxyl groups is 2. The maximum absolute atomic E-state index is 11.5. The monoisotopic (exact) mass is 416 g/mol. The molecule has 1 unspecified atom stereocenters. The van der Waals surface area contributed by atoms with E-state index in [-0.39, 0.29) is 23.0 Å². The van der Waals surface area contributed by atoms with E-state index in [4.69, 9.17) is 9.15 Å². The van der Waals surface area contributed by atoms with Crippen molar-refractivity contribution in [1.82, 2.24) is 0 Å². The normalized spacial score (nSPS) is 19.3. The number of esters is 1. The van der Waals surface area contributed by atoms with Crippen LogP contribution < -0.4 is 0 Å². The van der Waals surface area contributed by atoms with Gasteiger partial charge in [-0.05, 0) is 95.8 Å². The van der Waals surface area contributed by atoms with Gasteiger partial charge in [0.15, 0.2) is 11.5 Å². The van der Waals surface area contributed by atoms with E-state index in [2.05, 4.69) is 19.9 Å². The van der Waals surface area contributed by atoms with E-state index in [1.165, 1.54) is 11.1 Å². The van der Waals surface area contributed by atoms with E-state index >= 15 is 0 Å². The number of furan rings is 1. The first kappa shape index (κ1) is 24.0. The maximum Gasteiger partial charge on any atom is 0.343 e. The second-order valence-electron chi connectivity index (χ2n) is 8.83. The van der Waals surface area contributed by atoms with Crippen molar-refractivity contribution < 1.29 is 24.2 Å². The van der Waals surface area contributed by atoms with Crippen LogP contribution in [0.3, 0.4) is 0 Å². The Morgan fingerprint density at radius 2 is 2.07 bits per heavy atom. The van der Waals surface area contributed by atoms with Crippen LogP contribution in [-0.4, -0.2) is 21.8 Å². The van der Waals surface area contributed by atoms with Crippen LogP contribution >= 0.6 is 0 Å². The average Bonchev–Trinajstić information content (AvgIpc) is 3.26. The predicted molar refractivity (Wildman–Crippen MR) is 118 cm³/mol. The van der Waals surface area contributed by atoms with Gasteiger partial charge in [0.2, 0.25) is 0 Å². The molecule has 5 nitrogen and oxygen atoms in total. The molecule has 2 rings (SSSR count). The number of allylic oxidation sites excluding steroid dienone is 3. The van der Waals surface area contributed by atoms with Gasteiger partial charge >= 0.3 is 5.97 Å². The van der Waals surface area contributed by atoms with E-state index in [1.54, 1.807) is 19.5 Å². The van der Waals surface area contributed by atoms with E-state index in [0.29, 0.717) is 0 Å². The molecule has 0 aliphatic carbocycles. The Morgan fingerprint density at radius 1 is 1.30 bits per heavy atom. The number of ether oxygens (including phenoxy) is 1. The van der Waals surface area contributed by atoms with Gasteiger partial charge in [-0.1, -0.05) is 18.6 Å². The second-order valence-corrected chi connectivity index (χ2v) is 8.83. The smallest absolute Gasteiger partial charge is 0.343 e. The summed E-state index contributed by atoms with van der Waals surface area (Å²) in [6.45, 7) is 7.67. The molecule has 0 fully saturated rings. The maximum atomic E-state index is 11.5. The minimum atomic E-state index is -0.645. The Morgan fingerprint density at radius 3 is 2.70 bits per heavy atom. The summed E-state index contributed by atoms with van der Waals surface area (Å²) in [5, 5.41) is 20.5. The summed E-state index contributed by atoms with van der Waals surface area (Å²) in [7, 11) is 0. The van der Waals surface area contributed by atoms with E-state index in [1.807, 2.05) is 19.1 Å². The lowest BCUT2D eigenvalue weighted by atomic mass is 9.92. The summed E-state index contributed by atoms with van der Waals surface area (Å²) in [6.07, 6.45) is 14.8. The number of carbonyl (C=O) groups is 1. The fourth-order valence-electron chi connectivity index (χ4n) is 3.63. The number of aliphatic hydroxyl groups excluding tert-OH is 1. The molecule has 0 radical (unpaired) electrons. The van der Waals surface area contributed by atoms with Crippen molar-refractivity contribution in [2.24, 2.45) is 5.92 Å². The van der Waals surface area contributed by atoms with E-state index in [9.17, 15) is 15.0 Å². The third-order valence-corrected chi connectivity index (χ3v) is 5.70. The molecular weight excluding hydrogens is 380 g/mol. The quantitative estimate of drug-likeness (QED) is 0.315. The second kappa shape index (κ2) is 11.2. The fourth-order valence-corrected chi connectivity index (χ4v) is 3.63. The highest BCUT2D eigenvalue weighted by Crippen LogP contribution is 2.26. The highest BCUT2D eigenvalue weighted by atomic mass is 16.6. The summed E-state index contributed by atoms with van der Waals surface area (Å²) in [5.74, 6) is -0.0151. The molecule has 2 heterocycles. The Kier molecular flexibility index (Phi) is 8.97. The van der Waals surface area contributed by atoms with Crippen molar-refractivity contribution in [3.63, 3.8) is 0 Å². The molecule has 2 N–H and O–H groups in total. The number of aryl methyl sites for hydroxylation is 1. The van der Waals surface area contributed by atoms with Crippen LogP contribution in [0, 0.1) is 5.92 Å². The van der Waals surface area contributed by atoms with Crippen LogP contribution in [-0.2, 0) is 16.0 Å². The molecule has 0 saturated carbocycles. The molecule has 0 amide bonds. The zero-order chi connectivity index (χ0) is 22.1. The molecule has 30 heavy (non-hydrogen) atoms. The lowest BCUT2D eigenvalue weighted by Crippen LogP contribution is -2.23. The first-order valence-electron chi connectivity index (χ1n) is 10.9. The zero-order valence-electron chi connectivity index (χ0n) is 18.7. The van der Waals surface area contributed by atoms with Gasteiger partial charge in [-0.2, -0.15) is 0 Å². The molecule has 0 spiro atoms. The Balaban J connectivity index is 1.64. The Bertz CT molecular complexity index is 780. The summed E-state index contributed by atoms with van der Waals surface area (Å²) in [5.41, 5.74) is 2.13. The molecule has 166 valence electrons. The van der Waals surface area contributed by atoms with Crippen molar-refractivity contribution in [3.05, 3.63) is 59.0 Å². The molecule has 1 aromatic heterocycles. The van der Waals surface area contributed by atoms with Gasteiger partial charge in [0, 0.05) is 0 Å². The molecule has 0 bridgehead atoms. The van der Waals surface area contributed by atoms with Crippen molar-refractivity contribution in [2.45, 2.75) is 84.7 Å². The summed E-state index contributed by atoms with van der Waals surface area (Å²) in [6, 6.07) is 1.97. The highest BCUT2D eigenvalue weighted by molar-refractivity contribution is 5.93. The number of hydrogen-bond acceptors (Lipinski definition) is 5. The van der Waals surface area contributed by atoms with Crippen LogP contribution in [0.5, 0.6) is 0 Å². The standard InChI is InChI=1S/C25H36O5/c1-18(8-5-9-19(2)16-22-23(26)20(3)24(27)30-22)10-6-13-25(4,28)14-7-11-21-12-15-29-17-21/h10,12,15-17,19,26,28H,5-9,11,13-14H2,1-4H3/b18-10+,22-16-/t19-,25?/m0/s1. The first-order valence-corrected chi connectivity index (χ1v) is 10.9. The molecule has 5 heteroatoms. The van der Waals surface area contributed by atoms with Crippen LogP contribution in [0.25, 0.3) is 0 Å². The number of rotatable bonds is 12. The number of hydrogen-bond donors (Lipinski definition) is 2. The zero-order valence-corrected chi connectivity index (χ0v) is 18.7. The van der Waals surface area contributed by atoms with Crippen LogP contribution in [0.15, 0.2) is 57.8 Å². The summed E-state index contributed by atoms with van der Waals surface area (Å²) in [4.78, 5) is 11.5. The minimum absolute atomic E-state index is 0.0419. The lowest BCUT2D eigenvalue weighted by molar-refractivity contribution is -0.133. The lowest BCUT2D eigenvalue weighted by Gasteiger charge is -2.22. The van der Waals surface area contributed by atoms with Crippen molar-refractivity contribution in [3.8, 4) is 0 Å². The van der Waals surface area contributed by atoms with Crippen LogP contribution in [0.1, 0.15) is 78.2 Å². The van der Waals surface area contributed by atoms with Gasteiger partial charge in [-0.25, -0.2) is 4.79 Å². The summed E-state index contributed by atoms with van der Waals surface area (Å²) >= 11 is 0. The van der Waals surface area contributed by atoms with Gasteiger partial charge in [0.1, 0.15) is 0 Å². The van der Waals surface area contributed by atoms with E-state index < -0.39 is 11.6 Å². The predicted octanol–water partition coefficient (Wildman–Crippen LogP) is 6.16. The SMILES string of the molecule is CC1=C(O)/C(=C/[C@@H](C)CCC/C(C)=C/CCC(C)(O)CCCc2ccoc2)OC1=O. The molecule has 2 atom stereocenters. The van der Waals surface area contributed by atoms with Crippen LogP contribution in [0.4, 0.5) is 0 Å². The Hall–Kier alpha value is -2.27. The van der Waals surface area contributed by atoms with Crippen molar-refractivity contribution in [1.29, 1.82) is 0 Å². The highest BCUT2D eigenvalue weighted by Gasteiger charge is 2.26. The van der Waals surface area contributed by atoms with E-state index in [0.717, 1.165) is 51.4 Å². The third kappa shape index (κ3) is 7.86. The molecule has 0 aromatic carbocycles. The third-order valence-electron chi connectivity index (χ3n) is 5.70. The van der Waals surface area contributed by atoms with Crippen molar-refractivity contribution >= 4 is 5.97 Å². The van der Waals surface area contributed by atoms with Crippen molar-refractivity contribution in [2.75, 3.05) is 0 Å². The average molecular weight is 417 g/mol.